The molecule has 0 fully saturated rings. The maximum absolute atomic E-state index is 12.5. The number of hydrogen-bond donors (Lipinski definition) is 0. The molecule has 9 heteroatoms. The monoisotopic (exact) mass is 376 g/mol. The van der Waals surface area contributed by atoms with Gasteiger partial charge in [0.1, 0.15) is 5.70 Å². The molecule has 0 N–H and O–H groups in total. The number of benzene rings is 1. The molecule has 1 heterocycles. The predicted octanol–water partition coefficient (Wildman–Crippen LogP) is 2.69. The summed E-state index contributed by atoms with van der Waals surface area (Å²) >= 11 is 6.06. The van der Waals surface area contributed by atoms with Gasteiger partial charge in [0.25, 0.3) is 5.91 Å². The molecule has 1 aliphatic heterocycles. The molecule has 0 aromatic heterocycles. The van der Waals surface area contributed by atoms with Crippen LogP contribution in [0.2, 0.25) is 0 Å². The maximum atomic E-state index is 12.5. The highest BCUT2D eigenvalue weighted by Gasteiger charge is 2.34. The highest BCUT2D eigenvalue weighted by molar-refractivity contribution is 7.73. The van der Waals surface area contributed by atoms with Gasteiger partial charge in [-0.25, -0.2) is 0 Å². The van der Waals surface area contributed by atoms with Crippen LogP contribution in [0.4, 0.5) is 5.69 Å². The van der Waals surface area contributed by atoms with Crippen LogP contribution in [0, 0.1) is 0 Å². The SMILES string of the molecule is CC1=NN(c2ccccc2)C(=O)C1N=NC1=C(Cl)CC(=S(=O)=O)C=C1. The number of rotatable bonds is 3. The molecule has 25 heavy (non-hydrogen) atoms. The van der Waals surface area contributed by atoms with Gasteiger partial charge in [-0.05, 0) is 31.2 Å². The molecule has 128 valence electrons. The number of allylic oxidation sites excluding steroid dienone is 3. The number of anilines is 1. The zero-order valence-corrected chi connectivity index (χ0v) is 14.7. The number of amides is 1. The lowest BCUT2D eigenvalue weighted by molar-refractivity contribution is -0.117. The largest absolute Gasteiger partial charge is 0.280 e. The van der Waals surface area contributed by atoms with Gasteiger partial charge in [-0.15, -0.1) is 0 Å². The molecule has 1 aliphatic carbocycles. The van der Waals surface area contributed by atoms with Gasteiger partial charge < -0.3 is 0 Å². The van der Waals surface area contributed by atoms with E-state index in [0.717, 1.165) is 0 Å². The van der Waals surface area contributed by atoms with E-state index < -0.39 is 16.3 Å². The zero-order valence-electron chi connectivity index (χ0n) is 13.1. The summed E-state index contributed by atoms with van der Waals surface area (Å²) in [6.07, 6.45) is 2.93. The first-order valence-corrected chi connectivity index (χ1v) is 8.79. The Morgan fingerprint density at radius 3 is 2.60 bits per heavy atom. The highest BCUT2D eigenvalue weighted by atomic mass is 35.5. The van der Waals surface area contributed by atoms with Gasteiger partial charge in [0.2, 0.25) is 10.3 Å². The van der Waals surface area contributed by atoms with Gasteiger partial charge in [0.15, 0.2) is 6.04 Å². The molecule has 0 spiro atoms. The van der Waals surface area contributed by atoms with E-state index in [0.29, 0.717) is 17.1 Å². The highest BCUT2D eigenvalue weighted by Crippen LogP contribution is 2.25. The zero-order chi connectivity index (χ0) is 18.0. The number of hydrogen-bond acceptors (Lipinski definition) is 6. The molecule has 0 saturated carbocycles. The molecule has 0 radical (unpaired) electrons. The Morgan fingerprint density at radius 2 is 1.96 bits per heavy atom. The van der Waals surface area contributed by atoms with Crippen molar-refractivity contribution in [2.75, 3.05) is 5.01 Å². The second-order valence-corrected chi connectivity index (χ2v) is 6.80. The lowest BCUT2D eigenvalue weighted by Crippen LogP contribution is -2.29. The van der Waals surface area contributed by atoms with E-state index in [9.17, 15) is 13.2 Å². The molecule has 1 aromatic rings. The summed E-state index contributed by atoms with van der Waals surface area (Å²) in [5, 5.41) is 13.8. The van der Waals surface area contributed by atoms with Gasteiger partial charge >= 0.3 is 0 Å². The molecule has 0 bridgehead atoms. The molecule has 1 amide bonds. The van der Waals surface area contributed by atoms with Crippen molar-refractivity contribution in [1.82, 2.24) is 0 Å². The summed E-state index contributed by atoms with van der Waals surface area (Å²) in [4.78, 5) is 12.7. The van der Waals surface area contributed by atoms with Crippen LogP contribution in [-0.2, 0) is 15.1 Å². The minimum absolute atomic E-state index is 0.0599. The van der Waals surface area contributed by atoms with E-state index in [4.69, 9.17) is 11.6 Å². The molecule has 1 unspecified atom stereocenters. The number of carbonyl (C=O) groups is 1. The number of para-hydroxylation sites is 1. The summed E-state index contributed by atoms with van der Waals surface area (Å²) in [5.41, 5.74) is 1.49. The lowest BCUT2D eigenvalue weighted by Gasteiger charge is -2.12. The summed E-state index contributed by atoms with van der Waals surface area (Å²) in [7, 11) is -2.32. The number of nitrogens with zero attached hydrogens (tertiary/aromatic N) is 4. The average Bonchev–Trinajstić information content (AvgIpc) is 2.89. The first kappa shape index (κ1) is 17.2. The quantitative estimate of drug-likeness (QED) is 0.599. The van der Waals surface area contributed by atoms with Crippen LogP contribution >= 0.6 is 11.6 Å². The Kier molecular flexibility index (Phi) is 4.91. The first-order chi connectivity index (χ1) is 12.0. The van der Waals surface area contributed by atoms with Crippen molar-refractivity contribution in [3.63, 3.8) is 0 Å². The van der Waals surface area contributed by atoms with Gasteiger partial charge in [-0.1, -0.05) is 29.8 Å². The summed E-state index contributed by atoms with van der Waals surface area (Å²) in [6, 6.07) is 8.20. The number of azo groups is 1. The second kappa shape index (κ2) is 7.12. The Balaban J connectivity index is 1.80. The van der Waals surface area contributed by atoms with Crippen LogP contribution in [0.5, 0.6) is 0 Å². The maximum Gasteiger partial charge on any atom is 0.280 e. The number of carbonyl (C=O) groups excluding carboxylic acids is 1. The van der Waals surface area contributed by atoms with Crippen molar-refractivity contribution >= 4 is 44.1 Å². The molecule has 1 aromatic carbocycles. The normalized spacial score (nSPS) is 20.6. The van der Waals surface area contributed by atoms with Crippen LogP contribution in [-0.4, -0.2) is 30.9 Å². The third-order valence-corrected chi connectivity index (χ3v) is 4.66. The van der Waals surface area contributed by atoms with E-state index in [-0.39, 0.29) is 22.2 Å². The van der Waals surface area contributed by atoms with Gasteiger partial charge in [0.05, 0.1) is 21.3 Å². The van der Waals surface area contributed by atoms with E-state index in [1.807, 2.05) is 18.2 Å². The summed E-state index contributed by atoms with van der Waals surface area (Å²) < 4.78 is 21.9. The van der Waals surface area contributed by atoms with Crippen molar-refractivity contribution in [2.45, 2.75) is 19.4 Å². The molecule has 1 atom stereocenters. The number of halogens is 1. The predicted molar refractivity (Wildman–Crippen MR) is 96.2 cm³/mol. The molecule has 7 nitrogen and oxygen atoms in total. The van der Waals surface area contributed by atoms with Gasteiger partial charge in [-0.3, -0.25) is 4.79 Å². The lowest BCUT2D eigenvalue weighted by atomic mass is 10.1. The Morgan fingerprint density at radius 1 is 1.24 bits per heavy atom. The van der Waals surface area contributed by atoms with Crippen molar-refractivity contribution in [3.8, 4) is 0 Å². The summed E-state index contributed by atoms with van der Waals surface area (Å²) in [6.45, 7) is 1.70. The molecule has 0 saturated heterocycles. The molecule has 2 aliphatic rings. The minimum Gasteiger partial charge on any atom is -0.269 e. The fourth-order valence-electron chi connectivity index (χ4n) is 2.33. The summed E-state index contributed by atoms with van der Waals surface area (Å²) in [5.74, 6) is -0.308. The number of hydrazone groups is 1. The van der Waals surface area contributed by atoms with E-state index in [1.165, 1.54) is 17.2 Å². The minimum atomic E-state index is -2.32. The fourth-order valence-corrected chi connectivity index (χ4v) is 3.10. The third kappa shape index (κ3) is 3.59. The third-order valence-electron chi connectivity index (χ3n) is 3.63. The van der Waals surface area contributed by atoms with Crippen LogP contribution in [0.1, 0.15) is 13.3 Å². The standard InChI is InChI=1S/C16H13ClN4O3S/c1-10-15(16(22)21(20-10)11-5-3-2-4-6-11)19-18-14-8-7-12(25(23)24)9-13(14)17/h2-8,15H,9H2,1H3. The van der Waals surface area contributed by atoms with Gasteiger partial charge in [-0.2, -0.15) is 28.8 Å². The molecule has 3 rings (SSSR count). The van der Waals surface area contributed by atoms with Gasteiger partial charge in [0, 0.05) is 6.42 Å². The van der Waals surface area contributed by atoms with Crippen molar-refractivity contribution in [3.05, 3.63) is 53.2 Å². The topological polar surface area (TPSA) is 91.5 Å². The van der Waals surface area contributed by atoms with Crippen molar-refractivity contribution < 1.29 is 13.2 Å². The van der Waals surface area contributed by atoms with E-state index >= 15 is 0 Å². The first-order valence-electron chi connectivity index (χ1n) is 7.34. The Hall–Kier alpha value is -2.58. The van der Waals surface area contributed by atoms with E-state index in [2.05, 4.69) is 15.3 Å². The van der Waals surface area contributed by atoms with Crippen molar-refractivity contribution in [2.24, 2.45) is 15.3 Å². The van der Waals surface area contributed by atoms with Crippen LogP contribution in [0.3, 0.4) is 0 Å². The Bertz CT molecular complexity index is 970. The average molecular weight is 377 g/mol. The van der Waals surface area contributed by atoms with Crippen LogP contribution < -0.4 is 5.01 Å². The van der Waals surface area contributed by atoms with Crippen molar-refractivity contribution in [1.29, 1.82) is 0 Å². The molecular weight excluding hydrogens is 364 g/mol. The Labute approximate surface area is 150 Å². The smallest absolute Gasteiger partial charge is 0.269 e. The van der Waals surface area contributed by atoms with E-state index in [1.54, 1.807) is 19.1 Å². The fraction of sp³-hybridized carbons (Fsp3) is 0.188. The molecular formula is C16H13ClN4O3S. The second-order valence-electron chi connectivity index (χ2n) is 5.35. The van der Waals surface area contributed by atoms with Crippen LogP contribution in [0.25, 0.3) is 0 Å². The van der Waals surface area contributed by atoms with Crippen LogP contribution in [0.15, 0.2) is 68.5 Å².